The minimum Gasteiger partial charge on any atom is -0.494 e. The molecule has 0 fully saturated rings. The van der Waals surface area contributed by atoms with Crippen molar-refractivity contribution in [2.24, 2.45) is 0 Å². The number of fused-ring (bicyclic) bond motifs is 1. The summed E-state index contributed by atoms with van der Waals surface area (Å²) in [5, 5.41) is 2.93. The fourth-order valence-corrected chi connectivity index (χ4v) is 3.49. The van der Waals surface area contributed by atoms with Crippen LogP contribution in [0.4, 0.5) is 11.4 Å². The van der Waals surface area contributed by atoms with Crippen LogP contribution < -0.4 is 15.0 Å². The lowest BCUT2D eigenvalue weighted by Gasteiger charge is -2.19. The Kier molecular flexibility index (Phi) is 5.08. The van der Waals surface area contributed by atoms with E-state index in [1.54, 1.807) is 29.2 Å². The van der Waals surface area contributed by atoms with Gasteiger partial charge in [-0.2, -0.15) is 0 Å². The molecule has 1 heterocycles. The number of carbonyl (C=O) groups excluding carboxylic acids is 2. The van der Waals surface area contributed by atoms with Crippen LogP contribution in [-0.2, 0) is 11.2 Å². The first-order valence-corrected chi connectivity index (χ1v) is 8.93. The standard InChI is InChI=1S/C19H19BrN2O3/c1-3-25-16-6-4-13(5-7-16)19(24)21-17-11-15(20)10-14-8-9-22(12(2)23)18(14)17/h4-7,10-11H,3,8-9H2,1-2H3,(H,21,24). The Labute approximate surface area is 155 Å². The molecular formula is C19H19BrN2O3. The van der Waals surface area contributed by atoms with Crippen LogP contribution in [0.25, 0.3) is 0 Å². The van der Waals surface area contributed by atoms with E-state index in [1.807, 2.05) is 19.1 Å². The van der Waals surface area contributed by atoms with E-state index in [2.05, 4.69) is 21.2 Å². The summed E-state index contributed by atoms with van der Waals surface area (Å²) < 4.78 is 6.27. The van der Waals surface area contributed by atoms with Gasteiger partial charge in [0.2, 0.25) is 5.91 Å². The Morgan fingerprint density at radius 1 is 1.24 bits per heavy atom. The zero-order valence-electron chi connectivity index (χ0n) is 14.1. The predicted octanol–water partition coefficient (Wildman–Crippen LogP) is 4.01. The highest BCUT2D eigenvalue weighted by Crippen LogP contribution is 2.38. The number of ether oxygens (including phenoxy) is 1. The first kappa shape index (κ1) is 17.5. The summed E-state index contributed by atoms with van der Waals surface area (Å²) in [6, 6.07) is 10.8. The summed E-state index contributed by atoms with van der Waals surface area (Å²) in [4.78, 5) is 26.2. The second-order valence-electron chi connectivity index (χ2n) is 5.79. The molecular weight excluding hydrogens is 384 g/mol. The van der Waals surface area contributed by atoms with Gasteiger partial charge in [-0.3, -0.25) is 9.59 Å². The predicted molar refractivity (Wildman–Crippen MR) is 101 cm³/mol. The van der Waals surface area contributed by atoms with Gasteiger partial charge < -0.3 is 15.0 Å². The number of hydrogen-bond donors (Lipinski definition) is 1. The van der Waals surface area contributed by atoms with Gasteiger partial charge in [0.25, 0.3) is 5.91 Å². The molecule has 6 heteroatoms. The average molecular weight is 403 g/mol. The van der Waals surface area contributed by atoms with Crippen LogP contribution in [0.15, 0.2) is 40.9 Å². The fourth-order valence-electron chi connectivity index (χ4n) is 2.98. The minimum atomic E-state index is -0.223. The van der Waals surface area contributed by atoms with Crippen molar-refractivity contribution < 1.29 is 14.3 Å². The molecule has 0 saturated carbocycles. The Morgan fingerprint density at radius 3 is 2.60 bits per heavy atom. The first-order chi connectivity index (χ1) is 12.0. The van der Waals surface area contributed by atoms with Crippen LogP contribution in [0, 0.1) is 0 Å². The molecule has 0 aromatic heterocycles. The Morgan fingerprint density at radius 2 is 1.96 bits per heavy atom. The van der Waals surface area contributed by atoms with Crippen molar-refractivity contribution in [1.82, 2.24) is 0 Å². The van der Waals surface area contributed by atoms with Crippen molar-refractivity contribution in [3.63, 3.8) is 0 Å². The Bertz CT molecular complexity index is 818. The lowest BCUT2D eigenvalue weighted by atomic mass is 10.1. The van der Waals surface area contributed by atoms with E-state index in [4.69, 9.17) is 4.74 Å². The number of hydrogen-bond acceptors (Lipinski definition) is 3. The van der Waals surface area contributed by atoms with Gasteiger partial charge in [-0.1, -0.05) is 15.9 Å². The molecule has 25 heavy (non-hydrogen) atoms. The van der Waals surface area contributed by atoms with Crippen molar-refractivity contribution in [3.8, 4) is 5.75 Å². The number of benzene rings is 2. The van der Waals surface area contributed by atoms with Crippen molar-refractivity contribution in [1.29, 1.82) is 0 Å². The average Bonchev–Trinajstić information content (AvgIpc) is 3.00. The highest BCUT2D eigenvalue weighted by atomic mass is 79.9. The largest absolute Gasteiger partial charge is 0.494 e. The topological polar surface area (TPSA) is 58.6 Å². The molecule has 2 amide bonds. The zero-order valence-corrected chi connectivity index (χ0v) is 15.7. The van der Waals surface area contributed by atoms with Crippen LogP contribution in [0.3, 0.4) is 0 Å². The van der Waals surface area contributed by atoms with E-state index in [9.17, 15) is 9.59 Å². The number of rotatable bonds is 4. The van der Waals surface area contributed by atoms with Crippen LogP contribution in [-0.4, -0.2) is 25.0 Å². The maximum atomic E-state index is 12.6. The van der Waals surface area contributed by atoms with Gasteiger partial charge in [0.05, 0.1) is 18.0 Å². The summed E-state index contributed by atoms with van der Waals surface area (Å²) in [6.45, 7) is 4.66. The van der Waals surface area contributed by atoms with E-state index in [1.165, 1.54) is 6.92 Å². The van der Waals surface area contributed by atoms with Gasteiger partial charge in [0.15, 0.2) is 0 Å². The highest BCUT2D eigenvalue weighted by molar-refractivity contribution is 9.10. The molecule has 2 aromatic rings. The van der Waals surface area contributed by atoms with Crippen molar-refractivity contribution in [3.05, 3.63) is 52.0 Å². The van der Waals surface area contributed by atoms with Gasteiger partial charge in [-0.15, -0.1) is 0 Å². The number of amides is 2. The van der Waals surface area contributed by atoms with Crippen LogP contribution in [0.1, 0.15) is 29.8 Å². The molecule has 0 saturated heterocycles. The number of nitrogens with zero attached hydrogens (tertiary/aromatic N) is 1. The molecule has 1 aliphatic heterocycles. The van der Waals surface area contributed by atoms with Crippen LogP contribution >= 0.6 is 15.9 Å². The third kappa shape index (κ3) is 3.69. The number of carbonyl (C=O) groups is 2. The fraction of sp³-hybridized carbons (Fsp3) is 0.263. The maximum Gasteiger partial charge on any atom is 0.255 e. The molecule has 0 atom stereocenters. The maximum absolute atomic E-state index is 12.6. The lowest BCUT2D eigenvalue weighted by Crippen LogP contribution is -2.27. The van der Waals surface area contributed by atoms with Gasteiger partial charge >= 0.3 is 0 Å². The molecule has 3 rings (SSSR count). The molecule has 0 unspecified atom stereocenters. The van der Waals surface area contributed by atoms with Crippen molar-refractivity contribution in [2.45, 2.75) is 20.3 Å². The summed E-state index contributed by atoms with van der Waals surface area (Å²) in [7, 11) is 0. The van der Waals surface area contributed by atoms with Crippen molar-refractivity contribution >= 4 is 39.1 Å². The van der Waals surface area contributed by atoms with Crippen LogP contribution in [0.2, 0.25) is 0 Å². The number of anilines is 2. The summed E-state index contributed by atoms with van der Waals surface area (Å²) in [6.07, 6.45) is 0.778. The first-order valence-electron chi connectivity index (χ1n) is 8.14. The smallest absolute Gasteiger partial charge is 0.255 e. The summed E-state index contributed by atoms with van der Waals surface area (Å²) in [5.74, 6) is 0.474. The highest BCUT2D eigenvalue weighted by Gasteiger charge is 2.26. The van der Waals surface area contributed by atoms with E-state index < -0.39 is 0 Å². The van der Waals surface area contributed by atoms with Crippen LogP contribution in [0.5, 0.6) is 5.75 Å². The summed E-state index contributed by atoms with van der Waals surface area (Å²) >= 11 is 3.47. The molecule has 1 aliphatic rings. The lowest BCUT2D eigenvalue weighted by molar-refractivity contribution is -0.116. The van der Waals surface area contributed by atoms with E-state index in [0.717, 1.165) is 27.9 Å². The Hall–Kier alpha value is -2.34. The number of halogens is 1. The monoisotopic (exact) mass is 402 g/mol. The van der Waals surface area contributed by atoms with Crippen molar-refractivity contribution in [2.75, 3.05) is 23.4 Å². The number of nitrogens with one attached hydrogen (secondary N) is 1. The summed E-state index contributed by atoms with van der Waals surface area (Å²) in [5.41, 5.74) is 3.00. The normalized spacial score (nSPS) is 12.7. The van der Waals surface area contributed by atoms with Gasteiger partial charge in [-0.25, -0.2) is 0 Å². The molecule has 0 spiro atoms. The van der Waals surface area contributed by atoms with E-state index >= 15 is 0 Å². The van der Waals surface area contributed by atoms with Gasteiger partial charge in [0.1, 0.15) is 5.75 Å². The molecule has 0 aliphatic carbocycles. The van der Waals surface area contributed by atoms with Gasteiger partial charge in [-0.05, 0) is 55.3 Å². The second kappa shape index (κ2) is 7.27. The second-order valence-corrected chi connectivity index (χ2v) is 6.71. The Balaban J connectivity index is 1.88. The molecule has 0 bridgehead atoms. The van der Waals surface area contributed by atoms with Gasteiger partial charge in [0, 0.05) is 23.5 Å². The molecule has 0 radical (unpaired) electrons. The third-order valence-corrected chi connectivity index (χ3v) is 4.54. The molecule has 130 valence electrons. The molecule has 1 N–H and O–H groups in total. The minimum absolute atomic E-state index is 0.0300. The van der Waals surface area contributed by atoms with E-state index in [-0.39, 0.29) is 11.8 Å². The SMILES string of the molecule is CCOc1ccc(C(=O)Nc2cc(Br)cc3c2N(C(C)=O)CC3)cc1. The molecule has 5 nitrogen and oxygen atoms in total. The molecule has 2 aromatic carbocycles. The quantitative estimate of drug-likeness (QED) is 0.840. The zero-order chi connectivity index (χ0) is 18.0. The van der Waals surface area contributed by atoms with E-state index in [0.29, 0.717) is 24.4 Å². The third-order valence-electron chi connectivity index (χ3n) is 4.08.